The molecule has 7 nitrogen and oxygen atoms in total. The first-order valence-electron chi connectivity index (χ1n) is 9.99. The summed E-state index contributed by atoms with van der Waals surface area (Å²) >= 11 is 12.0. The first kappa shape index (κ1) is 23.2. The Bertz CT molecular complexity index is 1380. The van der Waals surface area contributed by atoms with Crippen LogP contribution in [0.25, 0.3) is 6.08 Å². The normalized spacial score (nSPS) is 14.9. The highest BCUT2D eigenvalue weighted by Gasteiger charge is 2.37. The molecular formula is C25H16Cl2N2O5. The van der Waals surface area contributed by atoms with E-state index < -0.39 is 23.8 Å². The van der Waals surface area contributed by atoms with E-state index >= 15 is 0 Å². The summed E-state index contributed by atoms with van der Waals surface area (Å²) < 4.78 is 5.48. The van der Waals surface area contributed by atoms with E-state index in [1.54, 1.807) is 49.4 Å². The fourth-order valence-corrected chi connectivity index (χ4v) is 3.83. The first-order valence-corrected chi connectivity index (χ1v) is 10.7. The molecule has 34 heavy (non-hydrogen) atoms. The number of rotatable bonds is 4. The van der Waals surface area contributed by atoms with Crippen LogP contribution in [0, 0.1) is 6.92 Å². The van der Waals surface area contributed by atoms with Crippen LogP contribution in [0.15, 0.2) is 72.3 Å². The number of amides is 4. The Hall–Kier alpha value is -3.94. The van der Waals surface area contributed by atoms with Crippen LogP contribution in [0.3, 0.4) is 0 Å². The van der Waals surface area contributed by atoms with Gasteiger partial charge in [0.1, 0.15) is 11.3 Å². The van der Waals surface area contributed by atoms with Crippen molar-refractivity contribution in [1.82, 2.24) is 5.32 Å². The minimum absolute atomic E-state index is 0.0889. The molecule has 1 heterocycles. The summed E-state index contributed by atoms with van der Waals surface area (Å²) in [5.41, 5.74) is 1.10. The average molecular weight is 495 g/mol. The zero-order valence-electron chi connectivity index (χ0n) is 17.7. The molecule has 4 rings (SSSR count). The highest BCUT2D eigenvalue weighted by Crippen LogP contribution is 2.28. The van der Waals surface area contributed by atoms with Crippen LogP contribution in [-0.4, -0.2) is 23.8 Å². The molecule has 3 aromatic rings. The van der Waals surface area contributed by atoms with Crippen molar-refractivity contribution in [2.45, 2.75) is 6.92 Å². The van der Waals surface area contributed by atoms with E-state index in [0.717, 1.165) is 4.90 Å². The molecule has 170 valence electrons. The number of para-hydroxylation sites is 2. The molecule has 0 bridgehead atoms. The Kier molecular flexibility index (Phi) is 6.49. The monoisotopic (exact) mass is 494 g/mol. The Morgan fingerprint density at radius 2 is 1.68 bits per heavy atom. The molecule has 1 N–H and O–H groups in total. The molecule has 1 fully saturated rings. The standard InChI is InChI=1S/C25H16Cl2N2O5/c1-14-6-2-4-8-20(14)29-23(31)18(22(30)28-25(29)33)12-15-7-3-5-9-21(15)34-24(32)17-11-10-16(26)13-19(17)27/h2-13H,1H3,(H,28,30,33)/b18-12-. The zero-order chi connectivity index (χ0) is 24.4. The number of aryl methyl sites for hydroxylation is 1. The third-order valence-corrected chi connectivity index (χ3v) is 5.58. The first-order chi connectivity index (χ1) is 16.3. The molecular weight excluding hydrogens is 479 g/mol. The lowest BCUT2D eigenvalue weighted by molar-refractivity contribution is -0.122. The predicted octanol–water partition coefficient (Wildman–Crippen LogP) is 5.19. The SMILES string of the molecule is Cc1ccccc1N1C(=O)NC(=O)/C(=C/c2ccccc2OC(=O)c2ccc(Cl)cc2Cl)C1=O. The van der Waals surface area contributed by atoms with Crippen molar-refractivity contribution in [2.24, 2.45) is 0 Å². The number of halogens is 2. The van der Waals surface area contributed by atoms with Crippen LogP contribution in [0.4, 0.5) is 10.5 Å². The fraction of sp³-hybridized carbons (Fsp3) is 0.0400. The van der Waals surface area contributed by atoms with Gasteiger partial charge in [0.15, 0.2) is 0 Å². The Morgan fingerprint density at radius 1 is 0.971 bits per heavy atom. The van der Waals surface area contributed by atoms with E-state index in [9.17, 15) is 19.2 Å². The fourth-order valence-electron chi connectivity index (χ4n) is 3.35. The van der Waals surface area contributed by atoms with E-state index in [0.29, 0.717) is 16.3 Å². The second-order valence-electron chi connectivity index (χ2n) is 7.30. The molecule has 0 saturated carbocycles. The van der Waals surface area contributed by atoms with Crippen molar-refractivity contribution in [3.8, 4) is 5.75 Å². The number of imide groups is 2. The van der Waals surface area contributed by atoms with Crippen molar-refractivity contribution in [3.05, 3.63) is 99.0 Å². The number of esters is 1. The van der Waals surface area contributed by atoms with Crippen molar-refractivity contribution in [3.63, 3.8) is 0 Å². The van der Waals surface area contributed by atoms with Gasteiger partial charge < -0.3 is 4.74 Å². The summed E-state index contributed by atoms with van der Waals surface area (Å²) in [5, 5.41) is 2.65. The van der Waals surface area contributed by atoms with Gasteiger partial charge in [0.25, 0.3) is 11.8 Å². The molecule has 9 heteroatoms. The summed E-state index contributed by atoms with van der Waals surface area (Å²) in [6, 6.07) is 16.6. The van der Waals surface area contributed by atoms with Crippen molar-refractivity contribution < 1.29 is 23.9 Å². The minimum atomic E-state index is -0.860. The van der Waals surface area contributed by atoms with Crippen LogP contribution < -0.4 is 15.0 Å². The average Bonchev–Trinajstić information content (AvgIpc) is 2.78. The van der Waals surface area contributed by atoms with E-state index in [4.69, 9.17) is 27.9 Å². The molecule has 0 radical (unpaired) electrons. The summed E-state index contributed by atoms with van der Waals surface area (Å²) in [6.07, 6.45) is 1.27. The van der Waals surface area contributed by atoms with Gasteiger partial charge in [0.05, 0.1) is 16.3 Å². The van der Waals surface area contributed by atoms with Crippen molar-refractivity contribution >= 4 is 58.8 Å². The number of anilines is 1. The van der Waals surface area contributed by atoms with Gasteiger partial charge in [-0.2, -0.15) is 0 Å². The summed E-state index contributed by atoms with van der Waals surface area (Å²) in [6.45, 7) is 1.74. The Morgan fingerprint density at radius 3 is 2.41 bits per heavy atom. The van der Waals surface area contributed by atoms with Crippen LogP contribution in [0.5, 0.6) is 5.75 Å². The Labute approximate surface area is 204 Å². The number of hydrogen-bond acceptors (Lipinski definition) is 5. The third kappa shape index (κ3) is 4.57. The number of urea groups is 1. The second-order valence-corrected chi connectivity index (χ2v) is 8.14. The van der Waals surface area contributed by atoms with Crippen LogP contribution in [0.1, 0.15) is 21.5 Å². The second kappa shape index (κ2) is 9.51. The number of nitrogens with one attached hydrogen (secondary N) is 1. The predicted molar refractivity (Wildman–Crippen MR) is 128 cm³/mol. The largest absolute Gasteiger partial charge is 0.422 e. The number of benzene rings is 3. The summed E-state index contributed by atoms with van der Waals surface area (Å²) in [5.74, 6) is -2.32. The van der Waals surface area contributed by atoms with Gasteiger partial charge in [0.2, 0.25) is 0 Å². The van der Waals surface area contributed by atoms with Gasteiger partial charge in [-0.05, 0) is 48.9 Å². The van der Waals surface area contributed by atoms with E-state index in [2.05, 4.69) is 5.32 Å². The molecule has 0 spiro atoms. The number of hydrogen-bond donors (Lipinski definition) is 1. The number of barbiturate groups is 1. The molecule has 1 saturated heterocycles. The lowest BCUT2D eigenvalue weighted by Gasteiger charge is -2.27. The van der Waals surface area contributed by atoms with Gasteiger partial charge in [-0.15, -0.1) is 0 Å². The van der Waals surface area contributed by atoms with E-state index in [-0.39, 0.29) is 27.5 Å². The quantitative estimate of drug-likeness (QED) is 0.233. The minimum Gasteiger partial charge on any atom is -0.422 e. The van der Waals surface area contributed by atoms with Gasteiger partial charge >= 0.3 is 12.0 Å². The zero-order valence-corrected chi connectivity index (χ0v) is 19.2. The summed E-state index contributed by atoms with van der Waals surface area (Å²) in [7, 11) is 0. The van der Waals surface area contributed by atoms with Gasteiger partial charge in [0, 0.05) is 10.6 Å². The highest BCUT2D eigenvalue weighted by atomic mass is 35.5. The maximum Gasteiger partial charge on any atom is 0.345 e. The maximum absolute atomic E-state index is 13.2. The third-order valence-electron chi connectivity index (χ3n) is 5.03. The number of ether oxygens (including phenoxy) is 1. The van der Waals surface area contributed by atoms with Crippen molar-refractivity contribution in [1.29, 1.82) is 0 Å². The van der Waals surface area contributed by atoms with E-state index in [1.165, 1.54) is 30.3 Å². The van der Waals surface area contributed by atoms with Gasteiger partial charge in [-0.25, -0.2) is 14.5 Å². The van der Waals surface area contributed by atoms with Crippen molar-refractivity contribution in [2.75, 3.05) is 4.90 Å². The number of carbonyl (C=O) groups excluding carboxylic acids is 4. The van der Waals surface area contributed by atoms with Gasteiger partial charge in [-0.3, -0.25) is 14.9 Å². The topological polar surface area (TPSA) is 92.8 Å². The molecule has 1 aliphatic rings. The highest BCUT2D eigenvalue weighted by molar-refractivity contribution is 6.39. The molecule has 0 aromatic heterocycles. The molecule has 4 amide bonds. The lowest BCUT2D eigenvalue weighted by atomic mass is 10.0. The van der Waals surface area contributed by atoms with Crippen LogP contribution >= 0.6 is 23.2 Å². The van der Waals surface area contributed by atoms with Crippen LogP contribution in [-0.2, 0) is 9.59 Å². The van der Waals surface area contributed by atoms with E-state index in [1.807, 2.05) is 0 Å². The Balaban J connectivity index is 1.69. The molecule has 3 aromatic carbocycles. The maximum atomic E-state index is 13.2. The number of nitrogens with zero attached hydrogens (tertiary/aromatic N) is 1. The molecule has 0 unspecified atom stereocenters. The molecule has 0 aliphatic carbocycles. The smallest absolute Gasteiger partial charge is 0.345 e. The molecule has 0 atom stereocenters. The molecule has 1 aliphatic heterocycles. The van der Waals surface area contributed by atoms with Gasteiger partial charge in [-0.1, -0.05) is 59.6 Å². The summed E-state index contributed by atoms with van der Waals surface area (Å²) in [4.78, 5) is 51.7. The van der Waals surface area contributed by atoms with Crippen LogP contribution in [0.2, 0.25) is 10.0 Å². The lowest BCUT2D eigenvalue weighted by Crippen LogP contribution is -2.54. The number of carbonyl (C=O) groups is 4.